The Morgan fingerprint density at radius 1 is 1.03 bits per heavy atom. The third-order valence-corrected chi connectivity index (χ3v) is 5.14. The first kappa shape index (κ1) is 20.6. The van der Waals surface area contributed by atoms with Crippen LogP contribution in [-0.2, 0) is 13.7 Å². The molecule has 5 rings (SSSR count). The second-order valence-electron chi connectivity index (χ2n) is 7.06. The minimum absolute atomic E-state index is 0.0985. The summed E-state index contributed by atoms with van der Waals surface area (Å²) in [5.41, 5.74) is 2.41. The molecule has 3 aromatic heterocycles. The third kappa shape index (κ3) is 4.11. The van der Waals surface area contributed by atoms with Gasteiger partial charge in [-0.3, -0.25) is 4.79 Å². The van der Waals surface area contributed by atoms with Gasteiger partial charge in [0, 0.05) is 12.6 Å². The first-order valence-electron chi connectivity index (χ1n) is 9.95. The molecule has 0 aliphatic carbocycles. The van der Waals surface area contributed by atoms with Gasteiger partial charge < -0.3 is 10.1 Å². The molecule has 1 amide bonds. The molecule has 0 aliphatic rings. The monoisotopic (exact) mass is 460 g/mol. The van der Waals surface area contributed by atoms with Crippen molar-refractivity contribution in [1.29, 1.82) is 0 Å². The van der Waals surface area contributed by atoms with Gasteiger partial charge in [-0.25, -0.2) is 14.2 Å². The van der Waals surface area contributed by atoms with Gasteiger partial charge in [0.25, 0.3) is 11.9 Å². The summed E-state index contributed by atoms with van der Waals surface area (Å²) in [6.07, 6.45) is 0. The van der Waals surface area contributed by atoms with Crippen LogP contribution in [0.1, 0.15) is 16.1 Å². The normalized spacial score (nSPS) is 11.0. The number of carbonyl (C=O) groups excluding carboxylic acids is 1. The van der Waals surface area contributed by atoms with Crippen LogP contribution in [0.25, 0.3) is 17.0 Å². The van der Waals surface area contributed by atoms with Crippen molar-refractivity contribution >= 4 is 34.4 Å². The molecule has 3 heterocycles. The minimum Gasteiger partial charge on any atom is -0.458 e. The molecule has 164 valence electrons. The van der Waals surface area contributed by atoms with Crippen LogP contribution in [0.3, 0.4) is 0 Å². The molecule has 0 unspecified atom stereocenters. The molecule has 0 bridgehead atoms. The fourth-order valence-corrected chi connectivity index (χ4v) is 3.51. The predicted molar refractivity (Wildman–Crippen MR) is 121 cm³/mol. The van der Waals surface area contributed by atoms with Crippen LogP contribution in [0.4, 0.5) is 5.82 Å². The lowest BCUT2D eigenvalue weighted by molar-refractivity contribution is 0.102. The Morgan fingerprint density at radius 3 is 2.64 bits per heavy atom. The maximum absolute atomic E-state index is 12.4. The van der Waals surface area contributed by atoms with Crippen LogP contribution in [0.5, 0.6) is 6.01 Å². The quantitative estimate of drug-likeness (QED) is 0.413. The van der Waals surface area contributed by atoms with Gasteiger partial charge in [-0.1, -0.05) is 47.0 Å². The fourth-order valence-electron chi connectivity index (χ4n) is 3.29. The van der Waals surface area contributed by atoms with E-state index in [1.165, 1.54) is 4.68 Å². The van der Waals surface area contributed by atoms with E-state index in [1.54, 1.807) is 60.1 Å². The third-order valence-electron chi connectivity index (χ3n) is 4.84. The maximum atomic E-state index is 12.4. The smallest absolute Gasteiger partial charge is 0.305 e. The molecule has 0 fully saturated rings. The van der Waals surface area contributed by atoms with Crippen molar-refractivity contribution in [3.63, 3.8) is 0 Å². The Bertz CT molecular complexity index is 1450. The predicted octanol–water partition coefficient (Wildman–Crippen LogP) is 3.43. The number of pyridine rings is 1. The maximum Gasteiger partial charge on any atom is 0.305 e. The van der Waals surface area contributed by atoms with Crippen LogP contribution in [0, 0.1) is 0 Å². The highest BCUT2D eigenvalue weighted by Crippen LogP contribution is 2.29. The van der Waals surface area contributed by atoms with Crippen LogP contribution in [0.15, 0.2) is 66.7 Å². The number of fused-ring (bicyclic) bond motifs is 1. The molecule has 33 heavy (non-hydrogen) atoms. The molecule has 0 spiro atoms. The van der Waals surface area contributed by atoms with Crippen LogP contribution < -0.4 is 10.1 Å². The average Bonchev–Trinajstić information content (AvgIpc) is 3.42. The van der Waals surface area contributed by atoms with Gasteiger partial charge >= 0.3 is 6.01 Å². The number of anilines is 1. The summed E-state index contributed by atoms with van der Waals surface area (Å²) in [4.78, 5) is 21.4. The van der Waals surface area contributed by atoms with E-state index in [1.807, 2.05) is 18.2 Å². The number of aromatic nitrogens is 7. The Balaban J connectivity index is 1.41. The Labute approximate surface area is 192 Å². The number of rotatable bonds is 6. The topological polar surface area (TPSA) is 113 Å². The lowest BCUT2D eigenvalue weighted by Crippen LogP contribution is -2.13. The number of imidazole rings is 1. The van der Waals surface area contributed by atoms with Crippen molar-refractivity contribution in [1.82, 2.24) is 34.7 Å². The van der Waals surface area contributed by atoms with E-state index in [9.17, 15) is 4.79 Å². The second-order valence-corrected chi connectivity index (χ2v) is 7.47. The molecule has 0 radical (unpaired) electrons. The molecule has 0 saturated heterocycles. The number of carbonyl (C=O) groups is 1. The van der Waals surface area contributed by atoms with Gasteiger partial charge in [-0.2, -0.15) is 4.98 Å². The largest absolute Gasteiger partial charge is 0.458 e. The van der Waals surface area contributed by atoms with Crippen molar-refractivity contribution < 1.29 is 9.53 Å². The molecule has 0 saturated carbocycles. The van der Waals surface area contributed by atoms with E-state index >= 15 is 0 Å². The van der Waals surface area contributed by atoms with Crippen LogP contribution in [-0.4, -0.2) is 40.6 Å². The summed E-state index contributed by atoms with van der Waals surface area (Å²) in [7, 11) is 1.72. The summed E-state index contributed by atoms with van der Waals surface area (Å²) in [5.74, 6) is 0.595. The molecule has 5 aromatic rings. The summed E-state index contributed by atoms with van der Waals surface area (Å²) in [5, 5.41) is 14.9. The highest BCUT2D eigenvalue weighted by Gasteiger charge is 2.20. The molecule has 10 nitrogen and oxygen atoms in total. The number of tetrazole rings is 1. The molecule has 2 aromatic carbocycles. The lowest BCUT2D eigenvalue weighted by atomic mass is 10.2. The first-order chi connectivity index (χ1) is 16.1. The molecule has 1 N–H and O–H groups in total. The number of aryl methyl sites for hydroxylation is 1. The number of benzene rings is 2. The van der Waals surface area contributed by atoms with Gasteiger partial charge in [-0.05, 0) is 46.8 Å². The Morgan fingerprint density at radius 2 is 1.85 bits per heavy atom. The highest BCUT2D eigenvalue weighted by atomic mass is 35.5. The standard InChI is InChI=1S/C22H17ClN8O2/c1-30-21(27-28-29-30)31-17-11-6-10-16(23)19(17)26-22(31)33-13-15-9-5-12-18(24-15)25-20(32)14-7-3-2-4-8-14/h2-12H,13H2,1H3,(H,24,25,32). The van der Waals surface area contributed by atoms with Gasteiger partial charge in [0.2, 0.25) is 0 Å². The van der Waals surface area contributed by atoms with Crippen molar-refractivity contribution in [2.75, 3.05) is 5.32 Å². The summed E-state index contributed by atoms with van der Waals surface area (Å²) >= 11 is 6.34. The molecule has 0 aliphatic heterocycles. The van der Waals surface area contributed by atoms with E-state index in [0.29, 0.717) is 39.1 Å². The first-order valence-corrected chi connectivity index (χ1v) is 10.3. The molecule has 11 heteroatoms. The van der Waals surface area contributed by atoms with Gasteiger partial charge in [0.15, 0.2) is 0 Å². The van der Waals surface area contributed by atoms with Crippen LogP contribution in [0.2, 0.25) is 5.02 Å². The molecular formula is C22H17ClN8O2. The number of ether oxygens (including phenoxy) is 1. The van der Waals surface area contributed by atoms with Gasteiger partial charge in [-0.15, -0.1) is 0 Å². The number of nitrogens with one attached hydrogen (secondary N) is 1. The summed E-state index contributed by atoms with van der Waals surface area (Å²) in [6, 6.07) is 19.9. The molecule has 0 atom stereocenters. The van der Waals surface area contributed by atoms with E-state index < -0.39 is 0 Å². The zero-order valence-corrected chi connectivity index (χ0v) is 18.1. The summed E-state index contributed by atoms with van der Waals surface area (Å²) in [6.45, 7) is 0.0985. The van der Waals surface area contributed by atoms with Gasteiger partial charge in [0.1, 0.15) is 17.9 Å². The fraction of sp³-hybridized carbons (Fsp3) is 0.0909. The van der Waals surface area contributed by atoms with E-state index in [4.69, 9.17) is 16.3 Å². The van der Waals surface area contributed by atoms with Crippen molar-refractivity contribution in [3.8, 4) is 12.0 Å². The lowest BCUT2D eigenvalue weighted by Gasteiger charge is -2.09. The number of halogens is 1. The Hall–Kier alpha value is -4.31. The Kier molecular flexibility index (Phi) is 5.41. The van der Waals surface area contributed by atoms with E-state index in [-0.39, 0.29) is 18.5 Å². The minimum atomic E-state index is -0.243. The number of hydrogen-bond donors (Lipinski definition) is 1. The number of amides is 1. The van der Waals surface area contributed by atoms with Crippen molar-refractivity contribution in [2.24, 2.45) is 7.05 Å². The number of nitrogens with zero attached hydrogens (tertiary/aromatic N) is 7. The number of para-hydroxylation sites is 1. The van der Waals surface area contributed by atoms with Gasteiger partial charge in [0.05, 0.1) is 16.2 Å². The second kappa shape index (κ2) is 8.67. The average molecular weight is 461 g/mol. The zero-order valence-electron chi connectivity index (χ0n) is 17.4. The summed E-state index contributed by atoms with van der Waals surface area (Å²) < 4.78 is 9.19. The number of hydrogen-bond acceptors (Lipinski definition) is 7. The highest BCUT2D eigenvalue weighted by molar-refractivity contribution is 6.35. The van der Waals surface area contributed by atoms with E-state index in [2.05, 4.69) is 30.8 Å². The van der Waals surface area contributed by atoms with Crippen LogP contribution >= 0.6 is 11.6 Å². The van der Waals surface area contributed by atoms with Crippen molar-refractivity contribution in [2.45, 2.75) is 6.61 Å². The van der Waals surface area contributed by atoms with E-state index in [0.717, 1.165) is 0 Å². The zero-order chi connectivity index (χ0) is 22.8. The van der Waals surface area contributed by atoms with Crippen molar-refractivity contribution in [3.05, 3.63) is 83.0 Å². The SMILES string of the molecule is Cn1nnnc1-n1c(OCc2cccc(NC(=O)c3ccccc3)n2)nc2c(Cl)cccc21. The molecular weight excluding hydrogens is 444 g/mol.